The predicted molar refractivity (Wildman–Crippen MR) is 131 cm³/mol. The van der Waals surface area contributed by atoms with Crippen LogP contribution in [0.25, 0.3) is 0 Å². The Morgan fingerprint density at radius 3 is 2.74 bits per heavy atom. The summed E-state index contributed by atoms with van der Waals surface area (Å²) in [5, 5.41) is 2.92. The van der Waals surface area contributed by atoms with Gasteiger partial charge in [0.25, 0.3) is 10.0 Å². The molecule has 2 heterocycles. The molecule has 0 aliphatic carbocycles. The van der Waals surface area contributed by atoms with Crippen molar-refractivity contribution in [1.82, 2.24) is 9.71 Å². The van der Waals surface area contributed by atoms with Crippen LogP contribution in [0.1, 0.15) is 36.8 Å². The van der Waals surface area contributed by atoms with Crippen molar-refractivity contribution in [3.05, 3.63) is 78.1 Å². The number of amides is 1. The van der Waals surface area contributed by atoms with E-state index in [0.29, 0.717) is 35.9 Å². The molecule has 3 aromatic rings. The van der Waals surface area contributed by atoms with Crippen LogP contribution in [-0.2, 0) is 14.8 Å². The number of carbonyl (C=O) groups is 1. The number of fused-ring (bicyclic) bond motifs is 1. The Labute approximate surface area is 199 Å². The minimum atomic E-state index is -3.51. The van der Waals surface area contributed by atoms with Crippen LogP contribution in [0.4, 0.5) is 5.69 Å². The molecule has 2 N–H and O–H groups in total. The number of amidine groups is 1. The topological polar surface area (TPSA) is 110 Å². The van der Waals surface area contributed by atoms with Crippen molar-refractivity contribution in [2.45, 2.75) is 37.5 Å². The zero-order valence-corrected chi connectivity index (χ0v) is 19.6. The standard InChI is InChI=1S/C25H26N4O4S/c1-18-16-19(12-13-22(18)33-20-8-7-14-26-17-20)28-24(30)11-3-2-6-15-27-25-21-9-4-5-10-23(21)34(31,32)29-25/h4-5,7-10,12-14,16-17H,2-3,6,11,15H2,1H3,(H,27,29)(H,28,30). The second-order valence-electron chi connectivity index (χ2n) is 7.96. The van der Waals surface area contributed by atoms with Gasteiger partial charge in [-0.05, 0) is 67.8 Å². The van der Waals surface area contributed by atoms with E-state index in [1.807, 2.05) is 31.2 Å². The van der Waals surface area contributed by atoms with Crippen molar-refractivity contribution in [3.8, 4) is 11.5 Å². The van der Waals surface area contributed by atoms with E-state index in [-0.39, 0.29) is 10.8 Å². The quantitative estimate of drug-likeness (QED) is 0.443. The van der Waals surface area contributed by atoms with Gasteiger partial charge in [-0.25, -0.2) is 8.42 Å². The van der Waals surface area contributed by atoms with Crippen LogP contribution >= 0.6 is 0 Å². The van der Waals surface area contributed by atoms with Crippen LogP contribution in [0.2, 0.25) is 0 Å². The normalized spacial score (nSPS) is 14.9. The van der Waals surface area contributed by atoms with Gasteiger partial charge >= 0.3 is 0 Å². The van der Waals surface area contributed by atoms with Gasteiger partial charge in [0, 0.05) is 30.4 Å². The second kappa shape index (κ2) is 10.5. The Balaban J connectivity index is 1.20. The maximum atomic E-state index is 12.3. The largest absolute Gasteiger partial charge is 0.455 e. The number of aromatic nitrogens is 1. The van der Waals surface area contributed by atoms with Gasteiger partial charge in [0.2, 0.25) is 5.91 Å². The number of sulfonamides is 1. The fraction of sp³-hybridized carbons (Fsp3) is 0.240. The monoisotopic (exact) mass is 478 g/mol. The van der Waals surface area contributed by atoms with E-state index >= 15 is 0 Å². The number of nitrogens with one attached hydrogen (secondary N) is 2. The molecule has 2 aromatic carbocycles. The molecule has 4 rings (SSSR count). The third kappa shape index (κ3) is 5.79. The van der Waals surface area contributed by atoms with Crippen molar-refractivity contribution in [2.75, 3.05) is 11.9 Å². The average molecular weight is 479 g/mol. The van der Waals surface area contributed by atoms with Gasteiger partial charge in [-0.15, -0.1) is 0 Å². The molecule has 0 saturated heterocycles. The van der Waals surface area contributed by atoms with E-state index in [0.717, 1.165) is 30.5 Å². The molecule has 1 amide bonds. The Morgan fingerprint density at radius 2 is 1.94 bits per heavy atom. The maximum absolute atomic E-state index is 12.3. The third-order valence-corrected chi connectivity index (χ3v) is 6.71. The zero-order chi connectivity index (χ0) is 24.0. The van der Waals surface area contributed by atoms with E-state index in [2.05, 4.69) is 20.0 Å². The number of carbonyl (C=O) groups excluding carboxylic acids is 1. The lowest BCUT2D eigenvalue weighted by molar-refractivity contribution is -0.116. The maximum Gasteiger partial charge on any atom is 0.263 e. The van der Waals surface area contributed by atoms with E-state index in [1.54, 1.807) is 42.7 Å². The first-order valence-electron chi connectivity index (χ1n) is 11.1. The summed E-state index contributed by atoms with van der Waals surface area (Å²) in [5.41, 5.74) is 2.23. The summed E-state index contributed by atoms with van der Waals surface area (Å²) in [7, 11) is -3.51. The third-order valence-electron chi connectivity index (χ3n) is 5.32. The molecule has 1 aliphatic rings. The molecule has 8 nitrogen and oxygen atoms in total. The molecule has 0 spiro atoms. The Hall–Kier alpha value is -3.72. The number of anilines is 1. The van der Waals surface area contributed by atoms with Crippen LogP contribution in [-0.4, -0.2) is 31.7 Å². The minimum absolute atomic E-state index is 0.0517. The van der Waals surface area contributed by atoms with E-state index < -0.39 is 10.0 Å². The van der Waals surface area contributed by atoms with Gasteiger partial charge in [0.1, 0.15) is 17.3 Å². The summed E-state index contributed by atoms with van der Waals surface area (Å²) in [6.45, 7) is 2.41. The Morgan fingerprint density at radius 1 is 1.09 bits per heavy atom. The highest BCUT2D eigenvalue weighted by atomic mass is 32.2. The molecule has 0 saturated carbocycles. The first kappa shape index (κ1) is 23.4. The van der Waals surface area contributed by atoms with Crippen LogP contribution in [0.5, 0.6) is 11.5 Å². The van der Waals surface area contributed by atoms with Crippen LogP contribution in [0, 0.1) is 6.92 Å². The summed E-state index contributed by atoms with van der Waals surface area (Å²) >= 11 is 0. The number of aliphatic imine (C=N–C) groups is 1. The van der Waals surface area contributed by atoms with Crippen LogP contribution < -0.4 is 14.8 Å². The fourth-order valence-corrected chi connectivity index (χ4v) is 4.87. The highest BCUT2D eigenvalue weighted by Gasteiger charge is 2.29. The van der Waals surface area contributed by atoms with Crippen molar-refractivity contribution >= 4 is 27.5 Å². The number of hydrogen-bond acceptors (Lipinski definition) is 6. The van der Waals surface area contributed by atoms with Gasteiger partial charge in [-0.3, -0.25) is 19.5 Å². The number of benzene rings is 2. The molecule has 0 radical (unpaired) electrons. The smallest absolute Gasteiger partial charge is 0.263 e. The average Bonchev–Trinajstić information content (AvgIpc) is 3.09. The first-order valence-corrected chi connectivity index (χ1v) is 12.6. The van der Waals surface area contributed by atoms with Crippen molar-refractivity contribution in [1.29, 1.82) is 0 Å². The van der Waals surface area contributed by atoms with Crippen LogP contribution in [0.3, 0.4) is 0 Å². The van der Waals surface area contributed by atoms with Gasteiger partial charge in [-0.1, -0.05) is 18.6 Å². The predicted octanol–water partition coefficient (Wildman–Crippen LogP) is 4.42. The van der Waals surface area contributed by atoms with E-state index in [1.165, 1.54) is 0 Å². The zero-order valence-electron chi connectivity index (χ0n) is 18.8. The molecular formula is C25H26N4O4S. The number of nitrogens with zero attached hydrogens (tertiary/aromatic N) is 2. The summed E-state index contributed by atoms with van der Waals surface area (Å²) in [6.07, 6.45) is 6.03. The molecule has 1 aliphatic heterocycles. The lowest BCUT2D eigenvalue weighted by Gasteiger charge is -2.11. The highest BCUT2D eigenvalue weighted by molar-refractivity contribution is 7.90. The number of rotatable bonds is 9. The fourth-order valence-electron chi connectivity index (χ4n) is 3.62. The van der Waals surface area contributed by atoms with Crippen molar-refractivity contribution in [3.63, 3.8) is 0 Å². The summed E-state index contributed by atoms with van der Waals surface area (Å²) < 4.78 is 32.5. The Bertz CT molecular complexity index is 1310. The van der Waals surface area contributed by atoms with Gasteiger partial charge in [0.05, 0.1) is 11.1 Å². The molecule has 0 atom stereocenters. The molecule has 9 heteroatoms. The first-order chi connectivity index (χ1) is 16.4. The van der Waals surface area contributed by atoms with Crippen molar-refractivity contribution < 1.29 is 17.9 Å². The number of pyridine rings is 1. The number of aryl methyl sites for hydroxylation is 1. The molecule has 34 heavy (non-hydrogen) atoms. The molecule has 0 bridgehead atoms. The van der Waals surface area contributed by atoms with Crippen LogP contribution in [0.15, 0.2) is 76.9 Å². The highest BCUT2D eigenvalue weighted by Crippen LogP contribution is 2.27. The lowest BCUT2D eigenvalue weighted by atomic mass is 10.1. The van der Waals surface area contributed by atoms with Gasteiger partial charge in [0.15, 0.2) is 0 Å². The van der Waals surface area contributed by atoms with Gasteiger partial charge in [-0.2, -0.15) is 0 Å². The molecule has 176 valence electrons. The lowest BCUT2D eigenvalue weighted by Crippen LogP contribution is -2.22. The number of unbranched alkanes of at least 4 members (excludes halogenated alkanes) is 2. The second-order valence-corrected chi connectivity index (χ2v) is 9.61. The number of hydrogen-bond donors (Lipinski definition) is 2. The van der Waals surface area contributed by atoms with Gasteiger partial charge < -0.3 is 10.1 Å². The number of ether oxygens (including phenoxy) is 1. The van der Waals surface area contributed by atoms with Crippen molar-refractivity contribution in [2.24, 2.45) is 4.99 Å². The Kier molecular flexibility index (Phi) is 7.22. The van der Waals surface area contributed by atoms with E-state index in [9.17, 15) is 13.2 Å². The molecule has 1 aromatic heterocycles. The molecule has 0 unspecified atom stereocenters. The summed E-state index contributed by atoms with van der Waals surface area (Å²) in [5.74, 6) is 1.70. The SMILES string of the molecule is Cc1cc(NC(=O)CCCCCN=C2NS(=O)(=O)c3ccccc32)ccc1Oc1cccnc1. The molecular weight excluding hydrogens is 452 g/mol. The summed E-state index contributed by atoms with van der Waals surface area (Å²) in [6, 6.07) is 16.0. The minimum Gasteiger partial charge on any atom is -0.455 e. The van der Waals surface area contributed by atoms with E-state index in [4.69, 9.17) is 4.74 Å². The molecule has 0 fully saturated rings. The summed E-state index contributed by atoms with van der Waals surface area (Å²) in [4.78, 5) is 21.0.